The fourth-order valence-electron chi connectivity index (χ4n) is 2.34. The molecular weight excluding hydrogens is 320 g/mol. The van der Waals surface area contributed by atoms with Crippen LogP contribution in [0.25, 0.3) is 5.65 Å². The number of ether oxygens (including phenoxy) is 1. The number of nitrogens with zero attached hydrogens (tertiary/aromatic N) is 4. The van der Waals surface area contributed by atoms with E-state index in [1.165, 1.54) is 5.56 Å². The number of carbonyl (C=O) groups excluding carboxylic acids is 1. The fourth-order valence-corrected chi connectivity index (χ4v) is 2.34. The van der Waals surface area contributed by atoms with Crippen molar-refractivity contribution in [2.45, 2.75) is 26.4 Å². The van der Waals surface area contributed by atoms with E-state index in [9.17, 15) is 4.79 Å². The molecule has 0 aliphatic heterocycles. The van der Waals surface area contributed by atoms with Gasteiger partial charge in [0.2, 0.25) is 11.6 Å². The molecule has 2 N–H and O–H groups in total. The lowest BCUT2D eigenvalue weighted by atomic mass is 10.1. The Bertz CT molecular complexity index is 847. The Hall–Kier alpha value is -3.16. The molecule has 2 aromatic heterocycles. The van der Waals surface area contributed by atoms with Gasteiger partial charge in [-0.1, -0.05) is 30.3 Å². The molecule has 3 rings (SSSR count). The average Bonchev–Trinajstić information content (AvgIpc) is 2.99. The molecular formula is C17H20N6O2. The monoisotopic (exact) mass is 340 g/mol. The molecule has 0 bridgehead atoms. The van der Waals surface area contributed by atoms with E-state index < -0.39 is 6.09 Å². The fraction of sp³-hybridized carbons (Fsp3) is 0.294. The molecule has 0 saturated heterocycles. The highest BCUT2D eigenvalue weighted by Crippen LogP contribution is 2.15. The first-order chi connectivity index (χ1) is 12.1. The minimum Gasteiger partial charge on any atom is -0.447 e. The summed E-state index contributed by atoms with van der Waals surface area (Å²) in [4.78, 5) is 16.0. The van der Waals surface area contributed by atoms with Crippen molar-refractivity contribution < 1.29 is 9.53 Å². The van der Waals surface area contributed by atoms with Crippen LogP contribution in [0.3, 0.4) is 0 Å². The van der Waals surface area contributed by atoms with Crippen molar-refractivity contribution in [2.24, 2.45) is 0 Å². The van der Waals surface area contributed by atoms with Gasteiger partial charge in [-0.2, -0.15) is 0 Å². The van der Waals surface area contributed by atoms with Gasteiger partial charge >= 0.3 is 6.09 Å². The SMILES string of the molecule is CC(C)OC(=O)Nc1nnc2c(NCCc3ccccc3)nccn12. The minimum atomic E-state index is -0.570. The highest BCUT2D eigenvalue weighted by atomic mass is 16.6. The molecule has 130 valence electrons. The van der Waals surface area contributed by atoms with Crippen molar-refractivity contribution in [2.75, 3.05) is 17.2 Å². The molecule has 0 atom stereocenters. The lowest BCUT2D eigenvalue weighted by molar-refractivity contribution is 0.129. The molecule has 1 amide bonds. The number of hydrogen-bond acceptors (Lipinski definition) is 6. The molecule has 0 spiro atoms. The summed E-state index contributed by atoms with van der Waals surface area (Å²) >= 11 is 0. The van der Waals surface area contributed by atoms with E-state index in [1.54, 1.807) is 30.6 Å². The Morgan fingerprint density at radius 3 is 2.80 bits per heavy atom. The number of rotatable bonds is 6. The van der Waals surface area contributed by atoms with E-state index in [1.807, 2.05) is 18.2 Å². The van der Waals surface area contributed by atoms with E-state index in [4.69, 9.17) is 4.74 Å². The molecule has 0 saturated carbocycles. The highest BCUT2D eigenvalue weighted by Gasteiger charge is 2.13. The molecule has 3 aromatic rings. The van der Waals surface area contributed by atoms with Gasteiger partial charge in [0.1, 0.15) is 0 Å². The number of hydrogen-bond donors (Lipinski definition) is 2. The van der Waals surface area contributed by atoms with Gasteiger partial charge in [0, 0.05) is 18.9 Å². The van der Waals surface area contributed by atoms with Gasteiger partial charge < -0.3 is 10.1 Å². The number of nitrogens with one attached hydrogen (secondary N) is 2. The largest absolute Gasteiger partial charge is 0.447 e. The standard InChI is InChI=1S/C17H20N6O2/c1-12(2)25-17(24)20-16-22-21-15-14(19-10-11-23(15)16)18-9-8-13-6-4-3-5-7-13/h3-7,10-12H,8-9H2,1-2H3,(H,18,19)(H,20,22,24). The molecule has 0 unspecified atom stereocenters. The summed E-state index contributed by atoms with van der Waals surface area (Å²) in [5.74, 6) is 0.894. The third kappa shape index (κ3) is 4.23. The van der Waals surface area contributed by atoms with Gasteiger partial charge in [0.25, 0.3) is 0 Å². The summed E-state index contributed by atoms with van der Waals surface area (Å²) in [7, 11) is 0. The first-order valence-electron chi connectivity index (χ1n) is 8.08. The number of carbonyl (C=O) groups is 1. The second-order valence-corrected chi connectivity index (χ2v) is 5.73. The summed E-state index contributed by atoms with van der Waals surface area (Å²) in [5.41, 5.74) is 1.78. The van der Waals surface area contributed by atoms with Crippen LogP contribution in [0.4, 0.5) is 16.6 Å². The molecule has 8 heteroatoms. The van der Waals surface area contributed by atoms with Crippen molar-refractivity contribution in [1.82, 2.24) is 19.6 Å². The Morgan fingerprint density at radius 2 is 2.04 bits per heavy atom. The number of benzene rings is 1. The summed E-state index contributed by atoms with van der Waals surface area (Å²) < 4.78 is 6.71. The molecule has 0 aliphatic carbocycles. The Balaban J connectivity index is 1.69. The van der Waals surface area contributed by atoms with Gasteiger partial charge in [0.15, 0.2) is 5.82 Å². The summed E-state index contributed by atoms with van der Waals surface area (Å²) in [6.07, 6.45) is 3.39. The molecule has 0 aliphatic rings. The normalized spacial score (nSPS) is 10.8. The lowest BCUT2D eigenvalue weighted by Crippen LogP contribution is -2.19. The smallest absolute Gasteiger partial charge is 0.414 e. The van der Waals surface area contributed by atoms with E-state index in [0.29, 0.717) is 18.0 Å². The van der Waals surface area contributed by atoms with Crippen LogP contribution in [0.15, 0.2) is 42.7 Å². The number of fused-ring (bicyclic) bond motifs is 1. The van der Waals surface area contributed by atoms with Crippen molar-refractivity contribution in [1.29, 1.82) is 0 Å². The molecule has 2 heterocycles. The van der Waals surface area contributed by atoms with Crippen LogP contribution in [0.1, 0.15) is 19.4 Å². The summed E-state index contributed by atoms with van der Waals surface area (Å²) in [5, 5.41) is 13.9. The van der Waals surface area contributed by atoms with Crippen LogP contribution in [-0.4, -0.2) is 38.3 Å². The van der Waals surface area contributed by atoms with Crippen LogP contribution in [-0.2, 0) is 11.2 Å². The Kier molecular flexibility index (Phi) is 5.08. The van der Waals surface area contributed by atoms with Crippen molar-refractivity contribution in [3.63, 3.8) is 0 Å². The lowest BCUT2D eigenvalue weighted by Gasteiger charge is -2.09. The third-order valence-electron chi connectivity index (χ3n) is 3.43. The highest BCUT2D eigenvalue weighted by molar-refractivity contribution is 5.83. The van der Waals surface area contributed by atoms with Crippen molar-refractivity contribution in [3.8, 4) is 0 Å². The van der Waals surface area contributed by atoms with Gasteiger partial charge in [-0.15, -0.1) is 10.2 Å². The van der Waals surface area contributed by atoms with Crippen molar-refractivity contribution in [3.05, 3.63) is 48.3 Å². The van der Waals surface area contributed by atoms with E-state index in [-0.39, 0.29) is 12.1 Å². The van der Waals surface area contributed by atoms with Crippen molar-refractivity contribution >= 4 is 23.5 Å². The molecule has 0 radical (unpaired) electrons. The molecule has 1 aromatic carbocycles. The van der Waals surface area contributed by atoms with Gasteiger partial charge in [-0.05, 0) is 25.8 Å². The number of anilines is 2. The number of aromatic nitrogens is 4. The first kappa shape index (κ1) is 16.7. The second kappa shape index (κ2) is 7.61. The zero-order valence-electron chi connectivity index (χ0n) is 14.1. The maximum Gasteiger partial charge on any atom is 0.414 e. The molecule has 0 fully saturated rings. The summed E-state index contributed by atoms with van der Waals surface area (Å²) in [6.45, 7) is 4.27. The van der Waals surface area contributed by atoms with E-state index in [0.717, 1.165) is 6.42 Å². The van der Waals surface area contributed by atoms with E-state index >= 15 is 0 Å². The maximum atomic E-state index is 11.7. The first-order valence-corrected chi connectivity index (χ1v) is 8.08. The van der Waals surface area contributed by atoms with Crippen LogP contribution in [0, 0.1) is 0 Å². The second-order valence-electron chi connectivity index (χ2n) is 5.73. The topological polar surface area (TPSA) is 93.4 Å². The van der Waals surface area contributed by atoms with Crippen LogP contribution in [0.5, 0.6) is 0 Å². The Morgan fingerprint density at radius 1 is 1.24 bits per heavy atom. The minimum absolute atomic E-state index is 0.212. The van der Waals surface area contributed by atoms with Crippen LogP contribution in [0.2, 0.25) is 0 Å². The van der Waals surface area contributed by atoms with Gasteiger partial charge in [-0.3, -0.25) is 9.72 Å². The summed E-state index contributed by atoms with van der Waals surface area (Å²) in [6, 6.07) is 10.2. The van der Waals surface area contributed by atoms with Gasteiger partial charge in [0.05, 0.1) is 6.10 Å². The zero-order valence-corrected chi connectivity index (χ0v) is 14.1. The van der Waals surface area contributed by atoms with E-state index in [2.05, 4.69) is 37.9 Å². The predicted octanol–water partition coefficient (Wildman–Crippen LogP) is 2.74. The van der Waals surface area contributed by atoms with Crippen LogP contribution >= 0.6 is 0 Å². The third-order valence-corrected chi connectivity index (χ3v) is 3.43. The quantitative estimate of drug-likeness (QED) is 0.717. The molecule has 8 nitrogen and oxygen atoms in total. The predicted molar refractivity (Wildman–Crippen MR) is 94.7 cm³/mol. The van der Waals surface area contributed by atoms with Crippen LogP contribution < -0.4 is 10.6 Å². The maximum absolute atomic E-state index is 11.7. The molecule has 25 heavy (non-hydrogen) atoms. The average molecular weight is 340 g/mol. The van der Waals surface area contributed by atoms with Gasteiger partial charge in [-0.25, -0.2) is 9.78 Å². The zero-order chi connectivity index (χ0) is 17.6. The number of amides is 1. The Labute approximate surface area is 145 Å².